The first-order valence-corrected chi connectivity index (χ1v) is 9.07. The van der Waals surface area contributed by atoms with Gasteiger partial charge in [-0.25, -0.2) is 4.79 Å². The van der Waals surface area contributed by atoms with E-state index in [-0.39, 0.29) is 13.0 Å². The molecular weight excluding hydrogens is 374 g/mol. The molecule has 0 saturated heterocycles. The molecule has 2 atom stereocenters. The van der Waals surface area contributed by atoms with Crippen LogP contribution in [0, 0.1) is 10.1 Å². The van der Waals surface area contributed by atoms with Gasteiger partial charge in [-0.2, -0.15) is 0 Å². The Hall–Kier alpha value is -3.68. The minimum absolute atomic E-state index is 0.0777. The summed E-state index contributed by atoms with van der Waals surface area (Å²) in [7, 11) is 0. The third kappa shape index (κ3) is 8.25. The van der Waals surface area contributed by atoms with Crippen LogP contribution in [-0.2, 0) is 22.6 Å². The quantitative estimate of drug-likeness (QED) is 0.499. The van der Waals surface area contributed by atoms with Crippen LogP contribution in [0.5, 0.6) is 0 Å². The molecule has 0 spiro atoms. The van der Waals surface area contributed by atoms with Gasteiger partial charge in [-0.1, -0.05) is 60.7 Å². The average Bonchev–Trinajstić information content (AvgIpc) is 2.72. The number of carbonyl (C=O) groups excluding carboxylic acids is 2. The van der Waals surface area contributed by atoms with Gasteiger partial charge in [0.05, 0.1) is 11.0 Å². The summed E-state index contributed by atoms with van der Waals surface area (Å²) in [5, 5.41) is 15.6. The van der Waals surface area contributed by atoms with Crippen LogP contribution in [0.25, 0.3) is 0 Å². The molecule has 2 aromatic carbocycles. The van der Waals surface area contributed by atoms with Gasteiger partial charge in [-0.15, -0.1) is 0 Å². The summed E-state index contributed by atoms with van der Waals surface area (Å²) >= 11 is 0. The molecule has 0 heterocycles. The van der Waals surface area contributed by atoms with Crippen molar-refractivity contribution < 1.29 is 19.2 Å². The molecule has 0 saturated carbocycles. The van der Waals surface area contributed by atoms with Gasteiger partial charge < -0.3 is 15.4 Å². The Labute approximate surface area is 168 Å². The Morgan fingerprint density at radius 2 is 1.62 bits per heavy atom. The van der Waals surface area contributed by atoms with Crippen LogP contribution in [0.15, 0.2) is 72.9 Å². The second kappa shape index (κ2) is 11.2. The number of nitrogens with zero attached hydrogens (tertiary/aromatic N) is 1. The Morgan fingerprint density at radius 3 is 2.21 bits per heavy atom. The van der Waals surface area contributed by atoms with E-state index in [9.17, 15) is 19.7 Å². The van der Waals surface area contributed by atoms with Crippen molar-refractivity contribution in [3.05, 3.63) is 94.2 Å². The van der Waals surface area contributed by atoms with Crippen LogP contribution in [0.3, 0.4) is 0 Å². The van der Waals surface area contributed by atoms with Gasteiger partial charge in [0.1, 0.15) is 12.6 Å². The first-order valence-electron chi connectivity index (χ1n) is 9.07. The van der Waals surface area contributed by atoms with Crippen molar-refractivity contribution >= 4 is 12.0 Å². The number of hydrogen-bond acceptors (Lipinski definition) is 5. The van der Waals surface area contributed by atoms with E-state index >= 15 is 0 Å². The van der Waals surface area contributed by atoms with Gasteiger partial charge in [0.15, 0.2) is 0 Å². The maximum atomic E-state index is 12.6. The standard InChI is InChI=1S/C21H23N3O5/c1-16(12-13-24(27)28)22-20(25)19(14-17-8-4-2-5-9-17)23-21(26)29-15-18-10-6-3-7-11-18/h2-13,16,19H,14-15H2,1H3,(H,22,25)(H,23,26). The number of nitrogens with one attached hydrogen (secondary N) is 2. The topological polar surface area (TPSA) is 111 Å². The van der Waals surface area contributed by atoms with E-state index in [4.69, 9.17) is 4.74 Å². The molecule has 0 radical (unpaired) electrons. The third-order valence-electron chi connectivity index (χ3n) is 3.97. The zero-order valence-electron chi connectivity index (χ0n) is 16.0. The summed E-state index contributed by atoms with van der Waals surface area (Å²) in [5.74, 6) is -0.467. The third-order valence-corrected chi connectivity index (χ3v) is 3.97. The number of rotatable bonds is 9. The SMILES string of the molecule is CC(C=C[N+](=O)[O-])NC(=O)C(Cc1ccccc1)NC(=O)OCc1ccccc1. The molecule has 8 nitrogen and oxygen atoms in total. The Kier molecular flexibility index (Phi) is 8.37. The van der Waals surface area contributed by atoms with Gasteiger partial charge in [0, 0.05) is 12.5 Å². The molecule has 0 aliphatic rings. The predicted molar refractivity (Wildman–Crippen MR) is 107 cm³/mol. The minimum atomic E-state index is -0.896. The minimum Gasteiger partial charge on any atom is -0.445 e. The molecule has 2 N–H and O–H groups in total. The van der Waals surface area contributed by atoms with Crippen LogP contribution in [0.2, 0.25) is 0 Å². The Balaban J connectivity index is 2.00. The lowest BCUT2D eigenvalue weighted by Gasteiger charge is -2.20. The number of alkyl carbamates (subject to hydrolysis) is 1. The molecule has 152 valence electrons. The molecule has 29 heavy (non-hydrogen) atoms. The van der Waals surface area contributed by atoms with Gasteiger partial charge >= 0.3 is 6.09 Å². The summed E-state index contributed by atoms with van der Waals surface area (Å²) in [5.41, 5.74) is 1.68. The molecule has 2 unspecified atom stereocenters. The van der Waals surface area contributed by atoms with E-state index in [1.807, 2.05) is 60.7 Å². The lowest BCUT2D eigenvalue weighted by atomic mass is 10.1. The first kappa shape index (κ1) is 21.6. The maximum absolute atomic E-state index is 12.6. The zero-order chi connectivity index (χ0) is 21.1. The van der Waals surface area contributed by atoms with Crippen LogP contribution in [-0.4, -0.2) is 29.0 Å². The summed E-state index contributed by atoms with van der Waals surface area (Å²) in [4.78, 5) is 34.7. The highest BCUT2D eigenvalue weighted by atomic mass is 16.6. The lowest BCUT2D eigenvalue weighted by Crippen LogP contribution is -2.50. The molecule has 2 aromatic rings. The number of carbonyl (C=O) groups is 2. The van der Waals surface area contributed by atoms with Crippen molar-refractivity contribution in [3.63, 3.8) is 0 Å². The van der Waals surface area contributed by atoms with Crippen molar-refractivity contribution in [2.24, 2.45) is 0 Å². The van der Waals surface area contributed by atoms with Crippen molar-refractivity contribution in [2.75, 3.05) is 0 Å². The summed E-state index contributed by atoms with van der Waals surface area (Å²) < 4.78 is 5.20. The molecule has 8 heteroatoms. The molecule has 0 aromatic heterocycles. The van der Waals surface area contributed by atoms with Crippen molar-refractivity contribution in [3.8, 4) is 0 Å². The number of hydrogen-bond donors (Lipinski definition) is 2. The molecule has 0 fully saturated rings. The van der Waals surface area contributed by atoms with Crippen LogP contribution < -0.4 is 10.6 Å². The van der Waals surface area contributed by atoms with Gasteiger partial charge in [0.25, 0.3) is 0 Å². The Morgan fingerprint density at radius 1 is 1.03 bits per heavy atom. The zero-order valence-corrected chi connectivity index (χ0v) is 16.0. The van der Waals surface area contributed by atoms with E-state index < -0.39 is 29.0 Å². The largest absolute Gasteiger partial charge is 0.445 e. The Bertz CT molecular complexity index is 840. The maximum Gasteiger partial charge on any atom is 0.408 e. The van der Waals surface area contributed by atoms with E-state index in [0.29, 0.717) is 0 Å². The average molecular weight is 397 g/mol. The monoisotopic (exact) mass is 397 g/mol. The number of ether oxygens (including phenoxy) is 1. The van der Waals surface area contributed by atoms with E-state index in [2.05, 4.69) is 10.6 Å². The van der Waals surface area contributed by atoms with Crippen LogP contribution >= 0.6 is 0 Å². The van der Waals surface area contributed by atoms with Gasteiger partial charge in [0.2, 0.25) is 12.1 Å². The summed E-state index contributed by atoms with van der Waals surface area (Å²) in [6.07, 6.45) is 1.54. The molecular formula is C21H23N3O5. The molecule has 0 aliphatic heterocycles. The van der Waals surface area contributed by atoms with Crippen LogP contribution in [0.1, 0.15) is 18.1 Å². The van der Waals surface area contributed by atoms with E-state index in [1.54, 1.807) is 6.92 Å². The first-order chi connectivity index (χ1) is 13.9. The molecule has 2 amide bonds. The lowest BCUT2D eigenvalue weighted by molar-refractivity contribution is -0.402. The molecule has 0 aliphatic carbocycles. The van der Waals surface area contributed by atoms with E-state index in [1.165, 1.54) is 6.08 Å². The fraction of sp³-hybridized carbons (Fsp3) is 0.238. The number of benzene rings is 2. The van der Waals surface area contributed by atoms with Crippen molar-refractivity contribution in [1.29, 1.82) is 0 Å². The second-order valence-corrected chi connectivity index (χ2v) is 6.37. The smallest absolute Gasteiger partial charge is 0.408 e. The summed E-state index contributed by atoms with van der Waals surface area (Å²) in [6.45, 7) is 1.68. The highest BCUT2D eigenvalue weighted by Gasteiger charge is 2.23. The number of amides is 2. The second-order valence-electron chi connectivity index (χ2n) is 6.37. The predicted octanol–water partition coefficient (Wildman–Crippen LogP) is 2.82. The van der Waals surface area contributed by atoms with E-state index in [0.717, 1.165) is 17.3 Å². The summed E-state index contributed by atoms with van der Waals surface area (Å²) in [6, 6.07) is 16.9. The number of nitro groups is 1. The van der Waals surface area contributed by atoms with Crippen LogP contribution in [0.4, 0.5) is 4.79 Å². The van der Waals surface area contributed by atoms with Gasteiger partial charge in [-0.05, 0) is 18.1 Å². The normalized spacial score (nSPS) is 12.7. The van der Waals surface area contributed by atoms with Gasteiger partial charge in [-0.3, -0.25) is 14.9 Å². The fourth-order valence-corrected chi connectivity index (χ4v) is 2.54. The van der Waals surface area contributed by atoms with Crippen molar-refractivity contribution in [2.45, 2.75) is 32.0 Å². The van der Waals surface area contributed by atoms with Crippen molar-refractivity contribution in [1.82, 2.24) is 10.6 Å². The highest BCUT2D eigenvalue weighted by Crippen LogP contribution is 2.06. The molecule has 0 bridgehead atoms. The fourth-order valence-electron chi connectivity index (χ4n) is 2.54. The highest BCUT2D eigenvalue weighted by molar-refractivity contribution is 5.86. The molecule has 2 rings (SSSR count).